The Morgan fingerprint density at radius 3 is 2.68 bits per heavy atom. The van der Waals surface area contributed by atoms with Crippen molar-refractivity contribution in [3.63, 3.8) is 0 Å². The standard InChI is InChI=1S/C12H11F3N2O2/c1-2-5-19-9-3-4-10(8(6-9)7-16)17-11(18)12(13,14)15/h3-4,6H,2,5H2,1H3,(H,17,18). The van der Waals surface area contributed by atoms with Gasteiger partial charge in [0.2, 0.25) is 0 Å². The molecule has 0 bridgehead atoms. The summed E-state index contributed by atoms with van der Waals surface area (Å²) < 4.78 is 41.5. The molecule has 0 aliphatic carbocycles. The molecule has 19 heavy (non-hydrogen) atoms. The van der Waals surface area contributed by atoms with E-state index in [-0.39, 0.29) is 11.3 Å². The smallest absolute Gasteiger partial charge is 0.471 e. The Morgan fingerprint density at radius 1 is 1.47 bits per heavy atom. The first-order valence-corrected chi connectivity index (χ1v) is 5.43. The molecule has 1 rings (SSSR count). The zero-order valence-electron chi connectivity index (χ0n) is 10.0. The van der Waals surface area contributed by atoms with Crippen molar-refractivity contribution in [2.75, 3.05) is 11.9 Å². The minimum Gasteiger partial charge on any atom is -0.494 e. The lowest BCUT2D eigenvalue weighted by molar-refractivity contribution is -0.167. The van der Waals surface area contributed by atoms with Gasteiger partial charge in [0.15, 0.2) is 0 Å². The molecule has 4 nitrogen and oxygen atoms in total. The molecular weight excluding hydrogens is 261 g/mol. The molecule has 0 saturated carbocycles. The Bertz CT molecular complexity index is 507. The molecule has 0 spiro atoms. The summed E-state index contributed by atoms with van der Waals surface area (Å²) in [4.78, 5) is 10.8. The van der Waals surface area contributed by atoms with Gasteiger partial charge in [0.05, 0.1) is 17.9 Å². The average molecular weight is 272 g/mol. The number of rotatable bonds is 4. The normalized spacial score (nSPS) is 10.7. The summed E-state index contributed by atoms with van der Waals surface area (Å²) >= 11 is 0. The lowest BCUT2D eigenvalue weighted by Crippen LogP contribution is -2.30. The lowest BCUT2D eigenvalue weighted by atomic mass is 10.2. The third-order valence-corrected chi connectivity index (χ3v) is 2.09. The average Bonchev–Trinajstić information content (AvgIpc) is 2.36. The number of halogens is 3. The van der Waals surface area contributed by atoms with Crippen molar-refractivity contribution >= 4 is 11.6 Å². The van der Waals surface area contributed by atoms with E-state index in [0.717, 1.165) is 6.42 Å². The van der Waals surface area contributed by atoms with E-state index in [2.05, 4.69) is 0 Å². The fourth-order valence-electron chi connectivity index (χ4n) is 1.23. The first-order chi connectivity index (χ1) is 8.88. The van der Waals surface area contributed by atoms with E-state index in [4.69, 9.17) is 10.00 Å². The van der Waals surface area contributed by atoms with Crippen molar-refractivity contribution < 1.29 is 22.7 Å². The molecule has 1 amide bonds. The van der Waals surface area contributed by atoms with Gasteiger partial charge in [-0.05, 0) is 24.6 Å². The van der Waals surface area contributed by atoms with E-state index in [1.807, 2.05) is 6.92 Å². The molecule has 1 aromatic carbocycles. The molecule has 0 aromatic heterocycles. The Labute approximate surface area is 107 Å². The summed E-state index contributed by atoms with van der Waals surface area (Å²) in [5.41, 5.74) is -0.292. The largest absolute Gasteiger partial charge is 0.494 e. The van der Waals surface area contributed by atoms with Crippen LogP contribution in [0, 0.1) is 11.3 Å². The molecule has 7 heteroatoms. The van der Waals surface area contributed by atoms with Gasteiger partial charge in [0.1, 0.15) is 11.8 Å². The van der Waals surface area contributed by atoms with E-state index in [1.54, 1.807) is 11.4 Å². The maximum atomic E-state index is 12.1. The number of nitriles is 1. The molecule has 0 heterocycles. The number of hydrogen-bond donors (Lipinski definition) is 1. The maximum absolute atomic E-state index is 12.1. The van der Waals surface area contributed by atoms with Crippen molar-refractivity contribution in [1.29, 1.82) is 5.26 Å². The highest BCUT2D eigenvalue weighted by Crippen LogP contribution is 2.24. The molecule has 0 fully saturated rings. The Morgan fingerprint density at radius 2 is 2.16 bits per heavy atom. The first kappa shape index (κ1) is 14.8. The number of anilines is 1. The van der Waals surface area contributed by atoms with Crippen LogP contribution in [0.25, 0.3) is 0 Å². The summed E-state index contributed by atoms with van der Waals surface area (Å²) in [5.74, 6) is -1.75. The van der Waals surface area contributed by atoms with Crippen LogP contribution in [0.2, 0.25) is 0 Å². The minimum atomic E-state index is -5.00. The van der Waals surface area contributed by atoms with E-state index >= 15 is 0 Å². The van der Waals surface area contributed by atoms with Gasteiger partial charge in [-0.3, -0.25) is 4.79 Å². The summed E-state index contributed by atoms with van der Waals surface area (Å²) in [5, 5.41) is 10.5. The maximum Gasteiger partial charge on any atom is 0.471 e. The fourth-order valence-corrected chi connectivity index (χ4v) is 1.23. The summed E-state index contributed by atoms with van der Waals surface area (Å²) in [6.45, 7) is 2.32. The predicted molar refractivity (Wildman–Crippen MR) is 61.6 cm³/mol. The topological polar surface area (TPSA) is 62.1 Å². The number of nitrogens with one attached hydrogen (secondary N) is 1. The van der Waals surface area contributed by atoms with E-state index in [0.29, 0.717) is 12.4 Å². The van der Waals surface area contributed by atoms with Gasteiger partial charge >= 0.3 is 12.1 Å². The SMILES string of the molecule is CCCOc1ccc(NC(=O)C(F)(F)F)c(C#N)c1. The molecule has 0 atom stereocenters. The van der Waals surface area contributed by atoms with E-state index in [1.165, 1.54) is 18.2 Å². The van der Waals surface area contributed by atoms with Crippen LogP contribution >= 0.6 is 0 Å². The molecule has 1 N–H and O–H groups in total. The van der Waals surface area contributed by atoms with Crippen LogP contribution in [0.5, 0.6) is 5.75 Å². The van der Waals surface area contributed by atoms with Crippen LogP contribution < -0.4 is 10.1 Å². The highest BCUT2D eigenvalue weighted by molar-refractivity contribution is 5.96. The predicted octanol–water partition coefficient (Wildman–Crippen LogP) is 2.85. The number of carbonyl (C=O) groups excluding carboxylic acids is 1. The zero-order valence-corrected chi connectivity index (χ0v) is 10.0. The van der Waals surface area contributed by atoms with Gasteiger partial charge in [-0.25, -0.2) is 0 Å². The molecule has 1 aromatic rings. The van der Waals surface area contributed by atoms with Gasteiger partial charge in [0, 0.05) is 0 Å². The molecule has 102 valence electrons. The zero-order chi connectivity index (χ0) is 14.5. The van der Waals surface area contributed by atoms with Crippen LogP contribution in [0.15, 0.2) is 18.2 Å². The first-order valence-electron chi connectivity index (χ1n) is 5.43. The minimum absolute atomic E-state index is 0.0915. The molecule has 0 aliphatic heterocycles. The van der Waals surface area contributed by atoms with E-state index < -0.39 is 12.1 Å². The summed E-state index contributed by atoms with van der Waals surface area (Å²) in [6, 6.07) is 5.58. The molecule has 0 aliphatic rings. The number of ether oxygens (including phenoxy) is 1. The van der Waals surface area contributed by atoms with Gasteiger partial charge in [-0.15, -0.1) is 0 Å². The van der Waals surface area contributed by atoms with Gasteiger partial charge in [0.25, 0.3) is 0 Å². The Hall–Kier alpha value is -2.23. The van der Waals surface area contributed by atoms with Gasteiger partial charge in [-0.2, -0.15) is 18.4 Å². The molecule has 0 radical (unpaired) electrons. The third-order valence-electron chi connectivity index (χ3n) is 2.09. The second-order valence-corrected chi connectivity index (χ2v) is 3.62. The van der Waals surface area contributed by atoms with Crippen LogP contribution in [-0.2, 0) is 4.79 Å². The van der Waals surface area contributed by atoms with Crippen molar-refractivity contribution in [3.8, 4) is 11.8 Å². The van der Waals surface area contributed by atoms with Crippen molar-refractivity contribution in [2.24, 2.45) is 0 Å². The molecular formula is C12H11F3N2O2. The lowest BCUT2D eigenvalue weighted by Gasteiger charge is -2.11. The fraction of sp³-hybridized carbons (Fsp3) is 0.333. The number of hydrogen-bond acceptors (Lipinski definition) is 3. The number of benzene rings is 1. The second-order valence-electron chi connectivity index (χ2n) is 3.62. The summed E-state index contributed by atoms with van der Waals surface area (Å²) in [6.07, 6.45) is -4.24. The van der Waals surface area contributed by atoms with Crippen LogP contribution in [0.1, 0.15) is 18.9 Å². The number of carbonyl (C=O) groups is 1. The van der Waals surface area contributed by atoms with Gasteiger partial charge < -0.3 is 10.1 Å². The van der Waals surface area contributed by atoms with Crippen molar-refractivity contribution in [2.45, 2.75) is 19.5 Å². The number of nitrogens with zero attached hydrogens (tertiary/aromatic N) is 1. The van der Waals surface area contributed by atoms with Crippen molar-refractivity contribution in [1.82, 2.24) is 0 Å². The van der Waals surface area contributed by atoms with Gasteiger partial charge in [-0.1, -0.05) is 6.92 Å². The van der Waals surface area contributed by atoms with Crippen LogP contribution in [0.3, 0.4) is 0 Å². The monoisotopic (exact) mass is 272 g/mol. The van der Waals surface area contributed by atoms with E-state index in [9.17, 15) is 18.0 Å². The highest BCUT2D eigenvalue weighted by atomic mass is 19.4. The second kappa shape index (κ2) is 6.09. The number of amides is 1. The third kappa shape index (κ3) is 4.17. The quantitative estimate of drug-likeness (QED) is 0.916. The van der Waals surface area contributed by atoms with Crippen LogP contribution in [0.4, 0.5) is 18.9 Å². The van der Waals surface area contributed by atoms with Crippen molar-refractivity contribution in [3.05, 3.63) is 23.8 Å². The highest BCUT2D eigenvalue weighted by Gasteiger charge is 2.39. The molecule has 0 saturated heterocycles. The van der Waals surface area contributed by atoms with Crippen LogP contribution in [-0.4, -0.2) is 18.7 Å². The Balaban J connectivity index is 2.91. The number of alkyl halides is 3. The molecule has 0 unspecified atom stereocenters. The Kier molecular flexibility index (Phi) is 4.75. The summed E-state index contributed by atoms with van der Waals surface area (Å²) in [7, 11) is 0.